The van der Waals surface area contributed by atoms with Crippen LogP contribution in [0.25, 0.3) is 0 Å². The highest BCUT2D eigenvalue weighted by Crippen LogP contribution is 2.74. The fourth-order valence-corrected chi connectivity index (χ4v) is 7.05. The normalized spacial score (nSPS) is 40.5. The standard InChI is InChI=1S/C22H36O4/c1-5-7-9-25-17(23)21-12-19(3)11-20(4,13-21)15-22(14-19,16-21)18(24)26-10-8-6-2/h5-16H2,1-4H3. The van der Waals surface area contributed by atoms with E-state index in [-0.39, 0.29) is 22.8 Å². The topological polar surface area (TPSA) is 52.6 Å². The fraction of sp³-hybridized carbons (Fsp3) is 0.909. The minimum atomic E-state index is -0.490. The van der Waals surface area contributed by atoms with Gasteiger partial charge in [-0.3, -0.25) is 9.59 Å². The van der Waals surface area contributed by atoms with Gasteiger partial charge in [-0.25, -0.2) is 0 Å². The number of esters is 2. The van der Waals surface area contributed by atoms with E-state index in [0.717, 1.165) is 57.8 Å². The number of rotatable bonds is 8. The van der Waals surface area contributed by atoms with Crippen molar-refractivity contribution in [1.82, 2.24) is 0 Å². The van der Waals surface area contributed by atoms with Crippen molar-refractivity contribution in [3.05, 3.63) is 0 Å². The van der Waals surface area contributed by atoms with Crippen LogP contribution in [0.15, 0.2) is 0 Å². The lowest BCUT2D eigenvalue weighted by Crippen LogP contribution is -2.64. The molecule has 4 saturated carbocycles. The maximum atomic E-state index is 13.1. The van der Waals surface area contributed by atoms with Crippen molar-refractivity contribution in [1.29, 1.82) is 0 Å². The molecule has 0 heterocycles. The summed E-state index contributed by atoms with van der Waals surface area (Å²) in [6, 6.07) is 0. The first-order chi connectivity index (χ1) is 12.2. The molecule has 148 valence electrons. The van der Waals surface area contributed by atoms with Crippen molar-refractivity contribution in [3.8, 4) is 0 Å². The van der Waals surface area contributed by atoms with Crippen LogP contribution in [0.2, 0.25) is 0 Å². The Morgan fingerprint density at radius 1 is 0.692 bits per heavy atom. The van der Waals surface area contributed by atoms with E-state index in [1.807, 2.05) is 0 Å². The molecule has 4 fully saturated rings. The summed E-state index contributed by atoms with van der Waals surface area (Å²) in [4.78, 5) is 26.2. The van der Waals surface area contributed by atoms with Gasteiger partial charge in [0.1, 0.15) is 0 Å². The van der Waals surface area contributed by atoms with Crippen LogP contribution in [0.3, 0.4) is 0 Å². The van der Waals surface area contributed by atoms with Crippen molar-refractivity contribution in [2.24, 2.45) is 21.7 Å². The lowest BCUT2D eigenvalue weighted by atomic mass is 9.36. The number of ether oxygens (including phenoxy) is 2. The molecule has 4 rings (SSSR count). The molecule has 0 saturated heterocycles. The van der Waals surface area contributed by atoms with Crippen LogP contribution >= 0.6 is 0 Å². The zero-order valence-electron chi connectivity index (χ0n) is 17.1. The Morgan fingerprint density at radius 3 is 1.42 bits per heavy atom. The number of carbonyl (C=O) groups is 2. The van der Waals surface area contributed by atoms with E-state index >= 15 is 0 Å². The summed E-state index contributed by atoms with van der Waals surface area (Å²) in [6.07, 6.45) is 9.03. The Balaban J connectivity index is 1.85. The third-order valence-corrected chi connectivity index (χ3v) is 6.92. The first kappa shape index (κ1) is 19.7. The Hall–Kier alpha value is -1.06. The van der Waals surface area contributed by atoms with Gasteiger partial charge in [0.25, 0.3) is 0 Å². The van der Waals surface area contributed by atoms with Gasteiger partial charge in [-0.05, 0) is 62.2 Å². The van der Waals surface area contributed by atoms with Gasteiger partial charge in [-0.1, -0.05) is 40.5 Å². The lowest BCUT2D eigenvalue weighted by molar-refractivity contribution is -0.221. The highest BCUT2D eigenvalue weighted by molar-refractivity contribution is 5.83. The third kappa shape index (κ3) is 3.41. The number of hydrogen-bond donors (Lipinski definition) is 0. The van der Waals surface area contributed by atoms with Gasteiger partial charge in [-0.15, -0.1) is 0 Å². The second-order valence-corrected chi connectivity index (χ2v) is 10.2. The van der Waals surface area contributed by atoms with Crippen LogP contribution in [0, 0.1) is 21.7 Å². The quantitative estimate of drug-likeness (QED) is 0.447. The SMILES string of the molecule is CCCCOC(=O)C12CC3(C)CC(C)(C1)CC(C(=O)OCCCC)(C3)C2. The summed E-state index contributed by atoms with van der Waals surface area (Å²) >= 11 is 0. The van der Waals surface area contributed by atoms with Crippen molar-refractivity contribution in [2.75, 3.05) is 13.2 Å². The summed E-state index contributed by atoms with van der Waals surface area (Å²) < 4.78 is 11.4. The summed E-state index contributed by atoms with van der Waals surface area (Å²) in [7, 11) is 0. The molecule has 0 atom stereocenters. The van der Waals surface area contributed by atoms with Crippen molar-refractivity contribution in [3.63, 3.8) is 0 Å². The molecular formula is C22H36O4. The molecule has 4 aliphatic rings. The summed E-state index contributed by atoms with van der Waals surface area (Å²) in [5, 5.41) is 0. The van der Waals surface area contributed by atoms with Crippen molar-refractivity contribution < 1.29 is 19.1 Å². The maximum Gasteiger partial charge on any atom is 0.312 e. The van der Waals surface area contributed by atoms with Crippen LogP contribution in [0.4, 0.5) is 0 Å². The van der Waals surface area contributed by atoms with E-state index < -0.39 is 10.8 Å². The van der Waals surface area contributed by atoms with Gasteiger partial charge < -0.3 is 9.47 Å². The smallest absolute Gasteiger partial charge is 0.312 e. The number of hydrogen-bond acceptors (Lipinski definition) is 4. The molecule has 4 nitrogen and oxygen atoms in total. The van der Waals surface area contributed by atoms with Crippen LogP contribution in [-0.4, -0.2) is 25.2 Å². The van der Waals surface area contributed by atoms with Crippen LogP contribution in [0.5, 0.6) is 0 Å². The molecule has 0 aromatic heterocycles. The third-order valence-electron chi connectivity index (χ3n) is 6.92. The summed E-state index contributed by atoms with van der Waals surface area (Å²) in [5.74, 6) is -0.124. The van der Waals surface area contributed by atoms with E-state index in [2.05, 4.69) is 27.7 Å². The molecular weight excluding hydrogens is 328 g/mol. The van der Waals surface area contributed by atoms with Crippen LogP contribution in [0.1, 0.15) is 91.9 Å². The molecule has 0 aliphatic heterocycles. The predicted octanol–water partition coefficient (Wildman–Crippen LogP) is 5.04. The van der Waals surface area contributed by atoms with Crippen molar-refractivity contribution in [2.45, 2.75) is 91.9 Å². The predicted molar refractivity (Wildman–Crippen MR) is 101 cm³/mol. The first-order valence-electron chi connectivity index (χ1n) is 10.6. The minimum Gasteiger partial charge on any atom is -0.465 e. The average molecular weight is 365 g/mol. The van der Waals surface area contributed by atoms with Gasteiger partial charge in [0, 0.05) is 0 Å². The van der Waals surface area contributed by atoms with Crippen LogP contribution in [-0.2, 0) is 19.1 Å². The molecule has 4 aliphatic carbocycles. The zero-order valence-corrected chi connectivity index (χ0v) is 17.1. The highest BCUT2D eigenvalue weighted by Gasteiger charge is 2.70. The summed E-state index contributed by atoms with van der Waals surface area (Å²) in [5.41, 5.74) is -0.903. The molecule has 0 unspecified atom stereocenters. The monoisotopic (exact) mass is 364 g/mol. The molecule has 4 heteroatoms. The largest absolute Gasteiger partial charge is 0.465 e. The fourth-order valence-electron chi connectivity index (χ4n) is 7.05. The van der Waals surface area contributed by atoms with E-state index in [4.69, 9.17) is 9.47 Å². The molecule has 4 bridgehead atoms. The highest BCUT2D eigenvalue weighted by atomic mass is 16.5. The maximum absolute atomic E-state index is 13.1. The van der Waals surface area contributed by atoms with Gasteiger partial charge in [0.15, 0.2) is 0 Å². The molecule has 0 aromatic carbocycles. The molecule has 0 radical (unpaired) electrons. The Kier molecular flexibility index (Phi) is 5.18. The second-order valence-electron chi connectivity index (χ2n) is 10.2. The van der Waals surface area contributed by atoms with E-state index in [0.29, 0.717) is 19.6 Å². The van der Waals surface area contributed by atoms with E-state index in [9.17, 15) is 9.59 Å². The van der Waals surface area contributed by atoms with E-state index in [1.165, 1.54) is 0 Å². The van der Waals surface area contributed by atoms with Gasteiger partial charge in [0.2, 0.25) is 0 Å². The molecule has 0 aromatic rings. The lowest BCUT2D eigenvalue weighted by Gasteiger charge is -2.67. The average Bonchev–Trinajstić information content (AvgIpc) is 2.51. The van der Waals surface area contributed by atoms with Crippen molar-refractivity contribution >= 4 is 11.9 Å². The Bertz CT molecular complexity index is 504. The van der Waals surface area contributed by atoms with E-state index in [1.54, 1.807) is 0 Å². The van der Waals surface area contributed by atoms with Gasteiger partial charge >= 0.3 is 11.9 Å². The second kappa shape index (κ2) is 6.83. The Labute approximate surface area is 158 Å². The zero-order chi connectivity index (χ0) is 19.1. The minimum absolute atomic E-state index is 0.0387. The molecule has 0 amide bonds. The number of unbranched alkanes of at least 4 members (excludes halogenated alkanes) is 2. The first-order valence-corrected chi connectivity index (χ1v) is 10.6. The Morgan fingerprint density at radius 2 is 1.08 bits per heavy atom. The molecule has 0 spiro atoms. The number of carbonyl (C=O) groups excluding carboxylic acids is 2. The van der Waals surface area contributed by atoms with Crippen LogP contribution < -0.4 is 0 Å². The molecule has 0 N–H and O–H groups in total. The summed E-state index contributed by atoms with van der Waals surface area (Å²) in [6.45, 7) is 9.73. The van der Waals surface area contributed by atoms with Gasteiger partial charge in [-0.2, -0.15) is 0 Å². The van der Waals surface area contributed by atoms with Gasteiger partial charge in [0.05, 0.1) is 24.0 Å². The molecule has 26 heavy (non-hydrogen) atoms.